The first kappa shape index (κ1) is 21.4. The molecule has 0 radical (unpaired) electrons. The summed E-state index contributed by atoms with van der Waals surface area (Å²) in [7, 11) is 1.72. The van der Waals surface area contributed by atoms with Crippen LogP contribution in [0.5, 0.6) is 0 Å². The van der Waals surface area contributed by atoms with E-state index in [9.17, 15) is 9.18 Å². The Morgan fingerprint density at radius 1 is 1.00 bits per heavy atom. The second kappa shape index (κ2) is 11.1. The van der Waals surface area contributed by atoms with Crippen molar-refractivity contribution in [2.24, 2.45) is 4.99 Å². The molecule has 0 aliphatic carbocycles. The van der Waals surface area contributed by atoms with Crippen LogP contribution in [-0.2, 0) is 11.2 Å². The Hall–Kier alpha value is -2.89. The number of benzene rings is 2. The van der Waals surface area contributed by atoms with Crippen molar-refractivity contribution in [2.75, 3.05) is 26.7 Å². The third-order valence-electron chi connectivity index (χ3n) is 4.46. The zero-order valence-corrected chi connectivity index (χ0v) is 16.8. The smallest absolute Gasteiger partial charge is 0.224 e. The van der Waals surface area contributed by atoms with Crippen molar-refractivity contribution in [1.29, 1.82) is 0 Å². The molecule has 0 saturated carbocycles. The molecule has 0 spiro atoms. The van der Waals surface area contributed by atoms with Crippen molar-refractivity contribution in [3.63, 3.8) is 0 Å². The van der Waals surface area contributed by atoms with Gasteiger partial charge in [-0.1, -0.05) is 48.9 Å². The standard InChI is InChI=1S/C22H29FN4O/c1-16-4-8-19(9-5-16)17(2)15-27-22(24-3)26-13-12-25-21(28)14-18-6-10-20(23)11-7-18/h4-11,17H,12-15H2,1-3H3,(H,25,28)(H2,24,26,27). The maximum atomic E-state index is 12.9. The molecular formula is C22H29FN4O. The van der Waals surface area contributed by atoms with Crippen molar-refractivity contribution in [3.8, 4) is 0 Å². The van der Waals surface area contributed by atoms with Gasteiger partial charge < -0.3 is 16.0 Å². The van der Waals surface area contributed by atoms with Gasteiger partial charge in [-0.05, 0) is 36.1 Å². The summed E-state index contributed by atoms with van der Waals surface area (Å²) >= 11 is 0. The van der Waals surface area contributed by atoms with Crippen molar-refractivity contribution in [2.45, 2.75) is 26.2 Å². The molecule has 0 heterocycles. The van der Waals surface area contributed by atoms with Gasteiger partial charge >= 0.3 is 0 Å². The zero-order chi connectivity index (χ0) is 20.4. The third kappa shape index (κ3) is 7.39. The molecule has 150 valence electrons. The molecule has 0 aliphatic heterocycles. The lowest BCUT2D eigenvalue weighted by atomic mass is 10.0. The van der Waals surface area contributed by atoms with E-state index in [1.807, 2.05) is 0 Å². The molecule has 0 fully saturated rings. The van der Waals surface area contributed by atoms with Crippen molar-refractivity contribution in [3.05, 3.63) is 71.0 Å². The minimum atomic E-state index is -0.302. The van der Waals surface area contributed by atoms with Crippen LogP contribution in [0.3, 0.4) is 0 Å². The summed E-state index contributed by atoms with van der Waals surface area (Å²) in [5.74, 6) is 0.662. The molecule has 1 atom stereocenters. The lowest BCUT2D eigenvalue weighted by Gasteiger charge is -2.16. The summed E-state index contributed by atoms with van der Waals surface area (Å²) < 4.78 is 12.9. The summed E-state index contributed by atoms with van der Waals surface area (Å²) in [5.41, 5.74) is 3.32. The number of hydrogen-bond donors (Lipinski definition) is 3. The first-order valence-corrected chi connectivity index (χ1v) is 9.50. The average Bonchev–Trinajstić information content (AvgIpc) is 2.69. The lowest BCUT2D eigenvalue weighted by Crippen LogP contribution is -2.42. The quantitative estimate of drug-likeness (QED) is 0.373. The van der Waals surface area contributed by atoms with E-state index in [1.54, 1.807) is 19.2 Å². The van der Waals surface area contributed by atoms with Crippen molar-refractivity contribution < 1.29 is 9.18 Å². The third-order valence-corrected chi connectivity index (χ3v) is 4.46. The summed E-state index contributed by atoms with van der Waals surface area (Å²) in [6, 6.07) is 14.5. The van der Waals surface area contributed by atoms with Gasteiger partial charge in [0, 0.05) is 26.7 Å². The first-order valence-electron chi connectivity index (χ1n) is 9.50. The minimum Gasteiger partial charge on any atom is -0.356 e. The molecule has 3 N–H and O–H groups in total. The Labute approximate surface area is 166 Å². The number of halogens is 1. The second-order valence-corrected chi connectivity index (χ2v) is 6.84. The van der Waals surface area contributed by atoms with Gasteiger partial charge in [-0.2, -0.15) is 0 Å². The Kier molecular flexibility index (Phi) is 8.46. The van der Waals surface area contributed by atoms with Gasteiger partial charge in [-0.3, -0.25) is 9.79 Å². The Bertz CT molecular complexity index is 772. The molecule has 6 heteroatoms. The van der Waals surface area contributed by atoms with Gasteiger partial charge in [0.15, 0.2) is 5.96 Å². The van der Waals surface area contributed by atoms with Crippen LogP contribution in [0.25, 0.3) is 0 Å². The summed E-state index contributed by atoms with van der Waals surface area (Å²) in [6.45, 7) is 6.05. The molecule has 1 unspecified atom stereocenters. The average molecular weight is 384 g/mol. The van der Waals surface area contributed by atoms with Crippen molar-refractivity contribution >= 4 is 11.9 Å². The zero-order valence-electron chi connectivity index (χ0n) is 16.8. The monoisotopic (exact) mass is 384 g/mol. The number of carbonyl (C=O) groups is 1. The van der Waals surface area contributed by atoms with Gasteiger partial charge in [0.2, 0.25) is 5.91 Å². The van der Waals surface area contributed by atoms with E-state index in [0.717, 1.165) is 12.1 Å². The Balaban J connectivity index is 1.65. The molecule has 0 aromatic heterocycles. The van der Waals surface area contributed by atoms with E-state index in [0.29, 0.717) is 25.0 Å². The molecule has 28 heavy (non-hydrogen) atoms. The van der Waals surface area contributed by atoms with Crippen LogP contribution >= 0.6 is 0 Å². The number of nitrogens with zero attached hydrogens (tertiary/aromatic N) is 1. The van der Waals surface area contributed by atoms with Gasteiger partial charge in [0.05, 0.1) is 6.42 Å². The van der Waals surface area contributed by atoms with E-state index in [4.69, 9.17) is 0 Å². The molecule has 2 aromatic carbocycles. The van der Waals surface area contributed by atoms with E-state index in [2.05, 4.69) is 59.1 Å². The van der Waals surface area contributed by atoms with E-state index >= 15 is 0 Å². The number of nitrogens with one attached hydrogen (secondary N) is 3. The summed E-state index contributed by atoms with van der Waals surface area (Å²) in [5, 5.41) is 9.34. The van der Waals surface area contributed by atoms with Gasteiger partial charge in [0.25, 0.3) is 0 Å². The Morgan fingerprint density at radius 3 is 2.29 bits per heavy atom. The number of rotatable bonds is 8. The molecule has 0 saturated heterocycles. The highest BCUT2D eigenvalue weighted by Crippen LogP contribution is 2.14. The predicted octanol–water partition coefficient (Wildman–Crippen LogP) is 2.76. The highest BCUT2D eigenvalue weighted by Gasteiger charge is 2.07. The highest BCUT2D eigenvalue weighted by atomic mass is 19.1. The van der Waals surface area contributed by atoms with Gasteiger partial charge in [0.1, 0.15) is 5.82 Å². The second-order valence-electron chi connectivity index (χ2n) is 6.84. The molecule has 2 rings (SSSR count). The topological polar surface area (TPSA) is 65.5 Å². The largest absolute Gasteiger partial charge is 0.356 e. The van der Waals surface area contributed by atoms with Crippen LogP contribution in [-0.4, -0.2) is 38.5 Å². The fourth-order valence-electron chi connectivity index (χ4n) is 2.72. The Morgan fingerprint density at radius 2 is 1.64 bits per heavy atom. The fourth-order valence-corrected chi connectivity index (χ4v) is 2.72. The molecular weight excluding hydrogens is 355 g/mol. The number of aliphatic imine (C=N–C) groups is 1. The van der Waals surface area contributed by atoms with Crippen LogP contribution in [0.15, 0.2) is 53.5 Å². The number of amides is 1. The van der Waals surface area contributed by atoms with Gasteiger partial charge in [-0.15, -0.1) is 0 Å². The van der Waals surface area contributed by atoms with Crippen LogP contribution in [0.2, 0.25) is 0 Å². The highest BCUT2D eigenvalue weighted by molar-refractivity contribution is 5.80. The van der Waals surface area contributed by atoms with E-state index < -0.39 is 0 Å². The van der Waals surface area contributed by atoms with Crippen LogP contribution in [0.1, 0.15) is 29.5 Å². The van der Waals surface area contributed by atoms with Crippen molar-refractivity contribution in [1.82, 2.24) is 16.0 Å². The van der Waals surface area contributed by atoms with E-state index in [1.165, 1.54) is 23.3 Å². The summed E-state index contributed by atoms with van der Waals surface area (Å²) in [6.07, 6.45) is 0.237. The first-order chi connectivity index (χ1) is 13.5. The normalized spacial score (nSPS) is 12.4. The van der Waals surface area contributed by atoms with Crippen LogP contribution in [0, 0.1) is 12.7 Å². The van der Waals surface area contributed by atoms with Crippen LogP contribution < -0.4 is 16.0 Å². The predicted molar refractivity (Wildman–Crippen MR) is 112 cm³/mol. The molecule has 2 aromatic rings. The van der Waals surface area contributed by atoms with Gasteiger partial charge in [-0.25, -0.2) is 4.39 Å². The number of hydrogen-bond acceptors (Lipinski definition) is 2. The van der Waals surface area contributed by atoms with Crippen LogP contribution in [0.4, 0.5) is 4.39 Å². The SMILES string of the molecule is CN=C(NCCNC(=O)Cc1ccc(F)cc1)NCC(C)c1ccc(C)cc1. The number of guanidine groups is 1. The minimum absolute atomic E-state index is 0.0932. The maximum absolute atomic E-state index is 12.9. The maximum Gasteiger partial charge on any atom is 0.224 e. The molecule has 1 amide bonds. The molecule has 5 nitrogen and oxygen atoms in total. The molecule has 0 bridgehead atoms. The summed E-state index contributed by atoms with van der Waals surface area (Å²) in [4.78, 5) is 16.1. The number of aryl methyl sites for hydroxylation is 1. The fraction of sp³-hybridized carbons (Fsp3) is 0.364. The lowest BCUT2D eigenvalue weighted by molar-refractivity contribution is -0.120. The number of carbonyl (C=O) groups excluding carboxylic acids is 1. The van der Waals surface area contributed by atoms with E-state index in [-0.39, 0.29) is 18.1 Å². The molecule has 0 aliphatic rings.